The number of carbonyl (C=O) groups excluding carboxylic acids is 1. The molecule has 0 aromatic heterocycles. The number of nitrogens with one attached hydrogen (secondary N) is 2. The number of aliphatic hydroxyl groups excluding tert-OH is 1. The fraction of sp³-hybridized carbons (Fsp3) is 0.316. The van der Waals surface area contributed by atoms with Gasteiger partial charge in [-0.05, 0) is 30.5 Å². The van der Waals surface area contributed by atoms with Crippen molar-refractivity contribution in [3.05, 3.63) is 54.1 Å². The maximum Gasteiger partial charge on any atom is 0.319 e. The van der Waals surface area contributed by atoms with Crippen LogP contribution >= 0.6 is 0 Å². The molecule has 0 aliphatic carbocycles. The Morgan fingerprint density at radius 2 is 1.88 bits per heavy atom. The highest BCUT2D eigenvalue weighted by Gasteiger charge is 2.19. The van der Waals surface area contributed by atoms with Crippen LogP contribution in [0.3, 0.4) is 0 Å². The fourth-order valence-corrected chi connectivity index (χ4v) is 2.79. The second-order valence-corrected chi connectivity index (χ2v) is 5.76. The van der Waals surface area contributed by atoms with Crippen molar-refractivity contribution in [1.82, 2.24) is 5.32 Å². The Hall–Kier alpha value is -2.73. The van der Waals surface area contributed by atoms with Gasteiger partial charge in [-0.2, -0.15) is 0 Å². The molecular formula is C19H22N2O4. The molecule has 2 aromatic carbocycles. The van der Waals surface area contributed by atoms with Crippen LogP contribution in [0.5, 0.6) is 11.5 Å². The highest BCUT2D eigenvalue weighted by Crippen LogP contribution is 2.37. The number of anilines is 1. The minimum Gasteiger partial charge on any atom is -0.486 e. The van der Waals surface area contributed by atoms with E-state index in [1.807, 2.05) is 42.5 Å². The number of aliphatic hydroxyl groups is 1. The number of amides is 2. The van der Waals surface area contributed by atoms with E-state index < -0.39 is 0 Å². The Labute approximate surface area is 146 Å². The Balaban J connectivity index is 1.70. The SMILES string of the molecule is O=C(Nc1cccc2c1OCCO2)NC(CCCO)c1ccccc1. The number of para-hydroxylation sites is 1. The topological polar surface area (TPSA) is 79.8 Å². The normalized spacial score (nSPS) is 13.8. The largest absolute Gasteiger partial charge is 0.486 e. The fourth-order valence-electron chi connectivity index (χ4n) is 2.79. The maximum atomic E-state index is 12.5. The average Bonchev–Trinajstić information content (AvgIpc) is 2.66. The lowest BCUT2D eigenvalue weighted by Crippen LogP contribution is -2.33. The third-order valence-electron chi connectivity index (χ3n) is 3.97. The Morgan fingerprint density at radius 1 is 1.08 bits per heavy atom. The third-order valence-corrected chi connectivity index (χ3v) is 3.97. The summed E-state index contributed by atoms with van der Waals surface area (Å²) in [7, 11) is 0. The van der Waals surface area contributed by atoms with Gasteiger partial charge in [0.2, 0.25) is 0 Å². The lowest BCUT2D eigenvalue weighted by Gasteiger charge is -2.23. The van der Waals surface area contributed by atoms with E-state index in [1.165, 1.54) is 0 Å². The molecule has 1 aliphatic heterocycles. The number of urea groups is 1. The number of fused-ring (bicyclic) bond motifs is 1. The molecule has 0 radical (unpaired) electrons. The minimum absolute atomic E-state index is 0.0873. The van der Waals surface area contributed by atoms with Crippen LogP contribution in [0, 0.1) is 0 Å². The highest BCUT2D eigenvalue weighted by atomic mass is 16.6. The van der Waals surface area contributed by atoms with Crippen LogP contribution in [0.2, 0.25) is 0 Å². The Kier molecular flexibility index (Phi) is 5.74. The standard InChI is InChI=1S/C19H22N2O4/c22-11-5-9-15(14-6-2-1-3-7-14)20-19(23)21-16-8-4-10-17-18(16)25-13-12-24-17/h1-4,6-8,10,15,22H,5,9,11-13H2,(H2,20,21,23). The first kappa shape index (κ1) is 17.1. The van der Waals surface area contributed by atoms with Gasteiger partial charge in [0.05, 0.1) is 11.7 Å². The van der Waals surface area contributed by atoms with E-state index in [0.717, 1.165) is 5.56 Å². The summed E-state index contributed by atoms with van der Waals surface area (Å²) in [5.74, 6) is 1.18. The van der Waals surface area contributed by atoms with E-state index in [4.69, 9.17) is 14.6 Å². The van der Waals surface area contributed by atoms with E-state index in [9.17, 15) is 4.79 Å². The van der Waals surface area contributed by atoms with Crippen molar-refractivity contribution in [2.75, 3.05) is 25.1 Å². The molecule has 1 unspecified atom stereocenters. The van der Waals surface area contributed by atoms with Crippen LogP contribution in [-0.2, 0) is 0 Å². The molecule has 1 aliphatic rings. The van der Waals surface area contributed by atoms with Crippen LogP contribution in [0.25, 0.3) is 0 Å². The van der Waals surface area contributed by atoms with E-state index in [1.54, 1.807) is 6.07 Å². The molecule has 6 nitrogen and oxygen atoms in total. The molecule has 0 fully saturated rings. The molecule has 25 heavy (non-hydrogen) atoms. The molecular weight excluding hydrogens is 320 g/mol. The van der Waals surface area contributed by atoms with Crippen molar-refractivity contribution in [3.8, 4) is 11.5 Å². The van der Waals surface area contributed by atoms with E-state index in [-0.39, 0.29) is 18.7 Å². The minimum atomic E-state index is -0.325. The maximum absolute atomic E-state index is 12.5. The van der Waals surface area contributed by atoms with Crippen LogP contribution in [-0.4, -0.2) is 31.0 Å². The van der Waals surface area contributed by atoms with Gasteiger partial charge in [0.25, 0.3) is 0 Å². The predicted molar refractivity (Wildman–Crippen MR) is 95.1 cm³/mol. The lowest BCUT2D eigenvalue weighted by molar-refractivity contribution is 0.172. The molecule has 6 heteroatoms. The van der Waals surface area contributed by atoms with E-state index >= 15 is 0 Å². The monoisotopic (exact) mass is 342 g/mol. The summed E-state index contributed by atoms with van der Waals surface area (Å²) < 4.78 is 11.1. The number of hydrogen-bond acceptors (Lipinski definition) is 4. The molecule has 0 saturated carbocycles. The third kappa shape index (κ3) is 4.42. The predicted octanol–water partition coefficient (Wildman–Crippen LogP) is 3.09. The lowest BCUT2D eigenvalue weighted by atomic mass is 10.0. The highest BCUT2D eigenvalue weighted by molar-refractivity contribution is 5.91. The van der Waals surface area contributed by atoms with Crippen molar-refractivity contribution in [1.29, 1.82) is 0 Å². The summed E-state index contributed by atoms with van der Waals surface area (Å²) in [5.41, 5.74) is 1.57. The molecule has 1 atom stereocenters. The molecule has 2 amide bonds. The Bertz CT molecular complexity index is 706. The van der Waals surface area contributed by atoms with Gasteiger partial charge >= 0.3 is 6.03 Å². The molecule has 0 bridgehead atoms. The van der Waals surface area contributed by atoms with Gasteiger partial charge in [-0.3, -0.25) is 0 Å². The summed E-state index contributed by atoms with van der Waals surface area (Å²) in [4.78, 5) is 12.5. The zero-order chi connectivity index (χ0) is 17.5. The number of ether oxygens (including phenoxy) is 2. The van der Waals surface area contributed by atoms with Crippen molar-refractivity contribution >= 4 is 11.7 Å². The first-order chi connectivity index (χ1) is 12.3. The number of rotatable bonds is 6. The van der Waals surface area contributed by atoms with Crippen LogP contribution in [0.1, 0.15) is 24.4 Å². The van der Waals surface area contributed by atoms with Crippen LogP contribution in [0.15, 0.2) is 48.5 Å². The molecule has 132 valence electrons. The van der Waals surface area contributed by atoms with Gasteiger partial charge in [0.1, 0.15) is 13.2 Å². The molecule has 3 rings (SSSR count). The quantitative estimate of drug-likeness (QED) is 0.754. The van der Waals surface area contributed by atoms with Gasteiger partial charge < -0.3 is 25.2 Å². The van der Waals surface area contributed by atoms with Crippen molar-refractivity contribution in [3.63, 3.8) is 0 Å². The summed E-state index contributed by atoms with van der Waals surface area (Å²) >= 11 is 0. The van der Waals surface area contributed by atoms with Crippen molar-refractivity contribution in [2.24, 2.45) is 0 Å². The molecule has 3 N–H and O–H groups in total. The zero-order valence-electron chi connectivity index (χ0n) is 13.9. The number of benzene rings is 2. The van der Waals surface area contributed by atoms with Gasteiger partial charge in [0, 0.05) is 6.61 Å². The second-order valence-electron chi connectivity index (χ2n) is 5.76. The van der Waals surface area contributed by atoms with Crippen LogP contribution < -0.4 is 20.1 Å². The summed E-state index contributed by atoms with van der Waals surface area (Å²) in [6.07, 6.45) is 1.26. The van der Waals surface area contributed by atoms with E-state index in [0.29, 0.717) is 43.2 Å². The van der Waals surface area contributed by atoms with Crippen molar-refractivity contribution in [2.45, 2.75) is 18.9 Å². The summed E-state index contributed by atoms with van der Waals surface area (Å²) in [6, 6.07) is 14.6. The van der Waals surface area contributed by atoms with Crippen LogP contribution in [0.4, 0.5) is 10.5 Å². The summed E-state index contributed by atoms with van der Waals surface area (Å²) in [5, 5.41) is 14.9. The molecule has 0 saturated heterocycles. The number of hydrogen-bond donors (Lipinski definition) is 3. The van der Waals surface area contributed by atoms with Crippen molar-refractivity contribution < 1.29 is 19.4 Å². The number of carbonyl (C=O) groups is 1. The van der Waals surface area contributed by atoms with Gasteiger partial charge in [-0.15, -0.1) is 0 Å². The average molecular weight is 342 g/mol. The first-order valence-corrected chi connectivity index (χ1v) is 8.40. The molecule has 2 aromatic rings. The Morgan fingerprint density at radius 3 is 2.68 bits per heavy atom. The van der Waals surface area contributed by atoms with Gasteiger partial charge in [-0.1, -0.05) is 36.4 Å². The zero-order valence-corrected chi connectivity index (χ0v) is 13.9. The smallest absolute Gasteiger partial charge is 0.319 e. The van der Waals surface area contributed by atoms with Gasteiger partial charge in [0.15, 0.2) is 11.5 Å². The summed E-state index contributed by atoms with van der Waals surface area (Å²) in [6.45, 7) is 1.04. The second kappa shape index (κ2) is 8.39. The molecule has 0 spiro atoms. The van der Waals surface area contributed by atoms with E-state index in [2.05, 4.69) is 10.6 Å². The molecule has 1 heterocycles. The van der Waals surface area contributed by atoms with Gasteiger partial charge in [-0.25, -0.2) is 4.79 Å². The first-order valence-electron chi connectivity index (χ1n) is 8.40.